The van der Waals surface area contributed by atoms with Crippen molar-refractivity contribution < 1.29 is 21.6 Å². The Morgan fingerprint density at radius 2 is 1.89 bits per heavy atom. The first-order chi connectivity index (χ1) is 16.7. The number of halogens is 3. The number of aromatic nitrogens is 4. The minimum Gasteiger partial charge on any atom is -0.382 e. The zero-order valence-corrected chi connectivity index (χ0v) is 19.6. The van der Waals surface area contributed by atoms with Crippen molar-refractivity contribution in [2.45, 2.75) is 38.1 Å². The first-order valence-electron chi connectivity index (χ1n) is 11.2. The summed E-state index contributed by atoms with van der Waals surface area (Å²) in [6.07, 6.45) is 3.21. The minimum atomic E-state index is -4.41. The zero-order chi connectivity index (χ0) is 24.6. The predicted molar refractivity (Wildman–Crippen MR) is 128 cm³/mol. The van der Waals surface area contributed by atoms with Gasteiger partial charge in [-0.1, -0.05) is 12.1 Å². The second-order valence-corrected chi connectivity index (χ2v) is 11.1. The molecule has 0 aliphatic carbocycles. The molecule has 1 saturated heterocycles. The van der Waals surface area contributed by atoms with Gasteiger partial charge in [0.15, 0.2) is 0 Å². The maximum absolute atomic E-state index is 13.6. The molecule has 0 spiro atoms. The van der Waals surface area contributed by atoms with E-state index in [0.717, 1.165) is 5.56 Å². The van der Waals surface area contributed by atoms with Crippen molar-refractivity contribution in [3.05, 3.63) is 66.7 Å². The van der Waals surface area contributed by atoms with E-state index in [9.17, 15) is 21.6 Å². The lowest BCUT2D eigenvalue weighted by Crippen LogP contribution is -2.32. The van der Waals surface area contributed by atoms with Crippen LogP contribution in [0.5, 0.6) is 0 Å². The Morgan fingerprint density at radius 3 is 2.60 bits per heavy atom. The molecule has 0 atom stereocenters. The number of hydrogen-bond donors (Lipinski definition) is 1. The molecule has 1 aliphatic heterocycles. The fourth-order valence-electron chi connectivity index (χ4n) is 4.51. The first-order valence-corrected chi connectivity index (χ1v) is 13.1. The largest absolute Gasteiger partial charge is 0.406 e. The Labute approximate surface area is 200 Å². The lowest BCUT2D eigenvalue weighted by Gasteiger charge is -2.24. The number of fused-ring (bicyclic) bond motifs is 1. The van der Waals surface area contributed by atoms with Crippen LogP contribution in [-0.2, 0) is 22.9 Å². The number of anilines is 1. The maximum atomic E-state index is 13.6. The molecule has 1 aromatic carbocycles. The van der Waals surface area contributed by atoms with Gasteiger partial charge < -0.3 is 9.88 Å². The molecule has 4 heterocycles. The number of rotatable bonds is 6. The molecule has 1 N–H and O–H groups in total. The van der Waals surface area contributed by atoms with Crippen molar-refractivity contribution in [2.75, 3.05) is 16.8 Å². The van der Waals surface area contributed by atoms with Gasteiger partial charge >= 0.3 is 6.18 Å². The monoisotopic (exact) mass is 503 g/mol. The summed E-state index contributed by atoms with van der Waals surface area (Å²) in [6.45, 7) is -0.685. The molecule has 0 unspecified atom stereocenters. The average molecular weight is 504 g/mol. The highest BCUT2D eigenvalue weighted by atomic mass is 32.2. The number of sulfone groups is 1. The van der Waals surface area contributed by atoms with Gasteiger partial charge in [-0.2, -0.15) is 18.3 Å². The molecular weight excluding hydrogens is 479 g/mol. The Balaban J connectivity index is 1.51. The van der Waals surface area contributed by atoms with Gasteiger partial charge in [-0.25, -0.2) is 8.42 Å². The molecule has 11 heteroatoms. The van der Waals surface area contributed by atoms with Gasteiger partial charge in [-0.15, -0.1) is 0 Å². The van der Waals surface area contributed by atoms with Gasteiger partial charge in [0.05, 0.1) is 35.5 Å². The SMILES string of the molecule is O=S1(=O)CCC(Nc2cccc3c2cc(-c2cnn(Cc4cccnc4)c2)n3CC(F)(F)F)CC1. The van der Waals surface area contributed by atoms with Crippen LogP contribution in [0.4, 0.5) is 18.9 Å². The molecule has 4 aromatic rings. The molecule has 7 nitrogen and oxygen atoms in total. The number of pyridine rings is 1. The molecule has 0 amide bonds. The van der Waals surface area contributed by atoms with E-state index < -0.39 is 22.6 Å². The summed E-state index contributed by atoms with van der Waals surface area (Å²) in [4.78, 5) is 4.08. The number of benzene rings is 1. The van der Waals surface area contributed by atoms with Crippen LogP contribution < -0.4 is 5.32 Å². The summed E-state index contributed by atoms with van der Waals surface area (Å²) in [5, 5.41) is 8.37. The van der Waals surface area contributed by atoms with Gasteiger partial charge in [0.2, 0.25) is 0 Å². The second-order valence-electron chi connectivity index (χ2n) is 8.83. The van der Waals surface area contributed by atoms with Crippen molar-refractivity contribution in [1.29, 1.82) is 0 Å². The van der Waals surface area contributed by atoms with Crippen molar-refractivity contribution in [1.82, 2.24) is 19.3 Å². The van der Waals surface area contributed by atoms with E-state index in [-0.39, 0.29) is 17.5 Å². The van der Waals surface area contributed by atoms with Crippen LogP contribution in [0, 0.1) is 0 Å². The molecule has 184 valence electrons. The topological polar surface area (TPSA) is 81.8 Å². The van der Waals surface area contributed by atoms with Crippen LogP contribution in [0.1, 0.15) is 18.4 Å². The normalized spacial score (nSPS) is 16.5. The third-order valence-corrected chi connectivity index (χ3v) is 7.91. The number of hydrogen-bond acceptors (Lipinski definition) is 5. The van der Waals surface area contributed by atoms with Crippen LogP contribution in [0.3, 0.4) is 0 Å². The van der Waals surface area contributed by atoms with Crippen LogP contribution >= 0.6 is 0 Å². The highest BCUT2D eigenvalue weighted by molar-refractivity contribution is 7.91. The molecular formula is C24H24F3N5O2S. The van der Waals surface area contributed by atoms with Crippen molar-refractivity contribution in [3.8, 4) is 11.3 Å². The van der Waals surface area contributed by atoms with E-state index >= 15 is 0 Å². The van der Waals surface area contributed by atoms with E-state index in [1.807, 2.05) is 18.2 Å². The van der Waals surface area contributed by atoms with Gasteiger partial charge in [0.25, 0.3) is 0 Å². The highest BCUT2D eigenvalue weighted by Gasteiger charge is 2.31. The second kappa shape index (κ2) is 9.03. The Bertz CT molecular complexity index is 1430. The van der Waals surface area contributed by atoms with E-state index in [1.54, 1.807) is 47.7 Å². The zero-order valence-electron chi connectivity index (χ0n) is 18.7. The van der Waals surface area contributed by atoms with Crippen LogP contribution in [0.15, 0.2) is 61.2 Å². The van der Waals surface area contributed by atoms with E-state index in [2.05, 4.69) is 15.4 Å². The number of alkyl halides is 3. The summed E-state index contributed by atoms with van der Waals surface area (Å²) in [5.74, 6) is 0.216. The lowest BCUT2D eigenvalue weighted by molar-refractivity contribution is -0.139. The molecule has 5 rings (SSSR count). The summed E-state index contributed by atoms with van der Waals surface area (Å²) < 4.78 is 67.1. The Morgan fingerprint density at radius 1 is 1.09 bits per heavy atom. The summed E-state index contributed by atoms with van der Waals surface area (Å²) in [5.41, 5.74) is 3.06. The van der Waals surface area contributed by atoms with Gasteiger partial charge in [-0.05, 0) is 42.7 Å². The van der Waals surface area contributed by atoms with Crippen LogP contribution in [0.25, 0.3) is 22.2 Å². The summed E-state index contributed by atoms with van der Waals surface area (Å²) in [7, 11) is -3.01. The molecule has 35 heavy (non-hydrogen) atoms. The molecule has 1 aliphatic rings. The van der Waals surface area contributed by atoms with Crippen molar-refractivity contribution >= 4 is 26.4 Å². The fourth-order valence-corrected chi connectivity index (χ4v) is 6.01. The predicted octanol–water partition coefficient (Wildman–Crippen LogP) is 4.50. The minimum absolute atomic E-state index is 0.0548. The van der Waals surface area contributed by atoms with E-state index in [1.165, 1.54) is 4.57 Å². The van der Waals surface area contributed by atoms with Crippen LogP contribution in [-0.4, -0.2) is 51.5 Å². The van der Waals surface area contributed by atoms with Gasteiger partial charge in [0, 0.05) is 41.3 Å². The fraction of sp³-hybridized carbons (Fsp3) is 0.333. The summed E-state index contributed by atoms with van der Waals surface area (Å²) in [6, 6.07) is 10.6. The Kier molecular flexibility index (Phi) is 6.04. The van der Waals surface area contributed by atoms with Crippen LogP contribution in [0.2, 0.25) is 0 Å². The molecule has 1 fully saturated rings. The van der Waals surface area contributed by atoms with E-state index in [0.29, 0.717) is 47.2 Å². The summed E-state index contributed by atoms with van der Waals surface area (Å²) >= 11 is 0. The molecule has 3 aromatic heterocycles. The number of nitrogens with one attached hydrogen (secondary N) is 1. The lowest BCUT2D eigenvalue weighted by atomic mass is 10.1. The van der Waals surface area contributed by atoms with E-state index in [4.69, 9.17) is 0 Å². The van der Waals surface area contributed by atoms with Crippen molar-refractivity contribution in [2.24, 2.45) is 0 Å². The molecule has 0 saturated carbocycles. The van der Waals surface area contributed by atoms with Crippen molar-refractivity contribution in [3.63, 3.8) is 0 Å². The third-order valence-electron chi connectivity index (χ3n) is 6.19. The average Bonchev–Trinajstić information content (AvgIpc) is 3.40. The smallest absolute Gasteiger partial charge is 0.382 e. The standard InChI is InChI=1S/C24H24F3N5O2S/c25-24(26,27)16-32-22-5-1-4-21(30-19-6-9-35(33,34)10-7-19)20(22)11-23(32)18-13-29-31(15-18)14-17-3-2-8-28-12-17/h1-5,8,11-13,15,19,30H,6-7,9-10,14,16H2. The number of nitrogens with zero attached hydrogens (tertiary/aromatic N) is 4. The molecule has 0 bridgehead atoms. The maximum Gasteiger partial charge on any atom is 0.406 e. The first kappa shape index (κ1) is 23.4. The van der Waals surface area contributed by atoms with Gasteiger partial charge in [-0.3, -0.25) is 9.67 Å². The Hall–Kier alpha value is -3.34. The molecule has 0 radical (unpaired) electrons. The highest BCUT2D eigenvalue weighted by Crippen LogP contribution is 2.35. The quantitative estimate of drug-likeness (QED) is 0.419. The third kappa shape index (κ3) is 5.34. The van der Waals surface area contributed by atoms with Gasteiger partial charge in [0.1, 0.15) is 16.4 Å².